The summed E-state index contributed by atoms with van der Waals surface area (Å²) in [5, 5.41) is 0. The van der Waals surface area contributed by atoms with Crippen LogP contribution in [0.25, 0.3) is 11.1 Å². The molecule has 1 radical (unpaired) electrons. The first kappa shape index (κ1) is 22.8. The number of ether oxygens (including phenoxy) is 1. The fourth-order valence-electron chi connectivity index (χ4n) is 3.73. The molecule has 3 aromatic carbocycles. The average Bonchev–Trinajstić information content (AvgIpc) is 2.78. The van der Waals surface area contributed by atoms with Gasteiger partial charge in [-0.1, -0.05) is 81.4 Å². The van der Waals surface area contributed by atoms with E-state index in [1.54, 1.807) is 0 Å². The minimum Gasteiger partial charge on any atom is -0.492 e. The van der Waals surface area contributed by atoms with Crippen LogP contribution in [0, 0.1) is 6.07 Å². The SMILES string of the molecule is CC/C(=C(/c1cc[c]cc1)c1ccc(OCCN(C)C)cc1)c1ccc(C(C)C)cc1. The maximum absolute atomic E-state index is 5.90. The summed E-state index contributed by atoms with van der Waals surface area (Å²) in [7, 11) is 4.11. The first-order valence-corrected chi connectivity index (χ1v) is 11.2. The van der Waals surface area contributed by atoms with E-state index in [-0.39, 0.29) is 0 Å². The van der Waals surface area contributed by atoms with Crippen LogP contribution in [0.2, 0.25) is 0 Å². The van der Waals surface area contributed by atoms with Gasteiger partial charge < -0.3 is 9.64 Å². The van der Waals surface area contributed by atoms with Crippen molar-refractivity contribution in [2.24, 2.45) is 0 Å². The third-order valence-corrected chi connectivity index (χ3v) is 5.54. The predicted molar refractivity (Wildman–Crippen MR) is 133 cm³/mol. The highest BCUT2D eigenvalue weighted by molar-refractivity contribution is 5.98. The number of hydrogen-bond acceptors (Lipinski definition) is 2. The highest BCUT2D eigenvalue weighted by Gasteiger charge is 2.13. The van der Waals surface area contributed by atoms with Crippen LogP contribution in [0.4, 0.5) is 0 Å². The van der Waals surface area contributed by atoms with Gasteiger partial charge in [0.25, 0.3) is 0 Å². The summed E-state index contributed by atoms with van der Waals surface area (Å²) in [5.74, 6) is 1.44. The van der Waals surface area contributed by atoms with Crippen molar-refractivity contribution >= 4 is 11.1 Å². The zero-order valence-corrected chi connectivity index (χ0v) is 19.5. The maximum atomic E-state index is 5.90. The molecule has 0 atom stereocenters. The largest absolute Gasteiger partial charge is 0.492 e. The summed E-state index contributed by atoms with van der Waals surface area (Å²) in [4.78, 5) is 2.12. The summed E-state index contributed by atoms with van der Waals surface area (Å²) < 4.78 is 5.90. The van der Waals surface area contributed by atoms with Crippen molar-refractivity contribution in [2.45, 2.75) is 33.1 Å². The maximum Gasteiger partial charge on any atom is 0.119 e. The molecule has 2 heteroatoms. The Balaban J connectivity index is 2.01. The average molecular weight is 413 g/mol. The number of hydrogen-bond donors (Lipinski definition) is 0. The van der Waals surface area contributed by atoms with E-state index in [9.17, 15) is 0 Å². The van der Waals surface area contributed by atoms with Crippen molar-refractivity contribution in [3.8, 4) is 5.75 Å². The van der Waals surface area contributed by atoms with E-state index in [2.05, 4.69) is 106 Å². The molecule has 0 aliphatic carbocycles. The molecule has 161 valence electrons. The Bertz CT molecular complexity index is 968. The Morgan fingerprint density at radius 3 is 1.97 bits per heavy atom. The summed E-state index contributed by atoms with van der Waals surface area (Å²) in [5.41, 5.74) is 7.69. The fourth-order valence-corrected chi connectivity index (χ4v) is 3.73. The van der Waals surface area contributed by atoms with Crippen molar-refractivity contribution in [2.75, 3.05) is 27.2 Å². The van der Waals surface area contributed by atoms with Crippen molar-refractivity contribution in [1.29, 1.82) is 0 Å². The Morgan fingerprint density at radius 2 is 1.42 bits per heavy atom. The normalized spacial score (nSPS) is 12.2. The number of nitrogens with zero attached hydrogens (tertiary/aromatic N) is 1. The smallest absolute Gasteiger partial charge is 0.119 e. The first-order chi connectivity index (χ1) is 15.0. The molecule has 31 heavy (non-hydrogen) atoms. The zero-order valence-electron chi connectivity index (χ0n) is 19.5. The summed E-state index contributed by atoms with van der Waals surface area (Å²) in [6, 6.07) is 29.0. The number of allylic oxidation sites excluding steroid dienone is 1. The molecule has 3 aromatic rings. The third-order valence-electron chi connectivity index (χ3n) is 5.54. The quantitative estimate of drug-likeness (QED) is 0.354. The van der Waals surface area contributed by atoms with Crippen molar-refractivity contribution in [3.05, 3.63) is 101 Å². The Kier molecular flexibility index (Phi) is 8.08. The second-order valence-corrected chi connectivity index (χ2v) is 8.45. The van der Waals surface area contributed by atoms with Crippen LogP contribution in [0.5, 0.6) is 5.75 Å². The van der Waals surface area contributed by atoms with E-state index in [0.29, 0.717) is 12.5 Å². The molecule has 3 rings (SSSR count). The van der Waals surface area contributed by atoms with Gasteiger partial charge in [0.05, 0.1) is 0 Å². The molecule has 0 N–H and O–H groups in total. The first-order valence-electron chi connectivity index (χ1n) is 11.2. The molecule has 0 heterocycles. The molecule has 0 saturated carbocycles. The number of benzene rings is 3. The van der Waals surface area contributed by atoms with Gasteiger partial charge in [0.2, 0.25) is 0 Å². The molecule has 0 aliphatic rings. The monoisotopic (exact) mass is 412 g/mol. The standard InChI is InChI=1S/C29H34NO/c1-6-28(24-14-12-23(13-15-24)22(2)3)29(25-10-8-7-9-11-25)26-16-18-27(19-17-26)31-21-20-30(4)5/h8-19,22H,6,20-21H2,1-5H3/b29-28+. The van der Waals surface area contributed by atoms with Gasteiger partial charge in [-0.2, -0.15) is 0 Å². The molecule has 0 aromatic heterocycles. The Labute approximate surface area is 188 Å². The van der Waals surface area contributed by atoms with Gasteiger partial charge in [-0.15, -0.1) is 0 Å². The Morgan fingerprint density at radius 1 is 0.839 bits per heavy atom. The van der Waals surface area contributed by atoms with Gasteiger partial charge in [0.15, 0.2) is 0 Å². The van der Waals surface area contributed by atoms with Crippen molar-refractivity contribution < 1.29 is 4.74 Å². The second kappa shape index (κ2) is 11.0. The highest BCUT2D eigenvalue weighted by atomic mass is 16.5. The summed E-state index contributed by atoms with van der Waals surface area (Å²) in [6.45, 7) is 8.30. The summed E-state index contributed by atoms with van der Waals surface area (Å²) in [6.07, 6.45) is 0.954. The van der Waals surface area contributed by atoms with Crippen molar-refractivity contribution in [1.82, 2.24) is 4.90 Å². The van der Waals surface area contributed by atoms with Crippen LogP contribution in [-0.4, -0.2) is 32.1 Å². The molecule has 0 spiro atoms. The fraction of sp³-hybridized carbons (Fsp3) is 0.310. The minimum absolute atomic E-state index is 0.535. The Hall–Kier alpha value is -2.84. The second-order valence-electron chi connectivity index (χ2n) is 8.45. The van der Waals surface area contributed by atoms with Crippen LogP contribution in [-0.2, 0) is 0 Å². The van der Waals surface area contributed by atoms with E-state index in [1.165, 1.54) is 33.4 Å². The molecule has 0 saturated heterocycles. The highest BCUT2D eigenvalue weighted by Crippen LogP contribution is 2.35. The van der Waals surface area contributed by atoms with Gasteiger partial charge in [-0.3, -0.25) is 0 Å². The lowest BCUT2D eigenvalue weighted by Gasteiger charge is -2.17. The van der Waals surface area contributed by atoms with Crippen LogP contribution >= 0.6 is 0 Å². The van der Waals surface area contributed by atoms with Crippen LogP contribution < -0.4 is 4.74 Å². The number of likely N-dealkylation sites (N-methyl/N-ethyl adjacent to an activating group) is 1. The van der Waals surface area contributed by atoms with E-state index >= 15 is 0 Å². The van der Waals surface area contributed by atoms with Gasteiger partial charge in [-0.25, -0.2) is 0 Å². The van der Waals surface area contributed by atoms with E-state index in [0.717, 1.165) is 18.7 Å². The molecular formula is C29H34NO. The lowest BCUT2D eigenvalue weighted by atomic mass is 9.87. The van der Waals surface area contributed by atoms with Crippen molar-refractivity contribution in [3.63, 3.8) is 0 Å². The molecule has 0 amide bonds. The summed E-state index contributed by atoms with van der Waals surface area (Å²) >= 11 is 0. The van der Waals surface area contributed by atoms with E-state index in [4.69, 9.17) is 4.74 Å². The third kappa shape index (κ3) is 6.08. The number of rotatable bonds is 9. The van der Waals surface area contributed by atoms with Gasteiger partial charge >= 0.3 is 0 Å². The van der Waals surface area contributed by atoms with Gasteiger partial charge in [0, 0.05) is 6.54 Å². The molecular weight excluding hydrogens is 378 g/mol. The van der Waals surface area contributed by atoms with Gasteiger partial charge in [0.1, 0.15) is 12.4 Å². The predicted octanol–water partition coefficient (Wildman–Crippen LogP) is 6.92. The molecule has 2 nitrogen and oxygen atoms in total. The van der Waals surface area contributed by atoms with E-state index in [1.807, 2.05) is 12.1 Å². The molecule has 0 unspecified atom stereocenters. The topological polar surface area (TPSA) is 12.5 Å². The zero-order chi connectivity index (χ0) is 22.2. The van der Waals surface area contributed by atoms with E-state index < -0.39 is 0 Å². The lowest BCUT2D eigenvalue weighted by molar-refractivity contribution is 0.261. The molecule has 0 aliphatic heterocycles. The minimum atomic E-state index is 0.535. The molecule has 0 bridgehead atoms. The van der Waals surface area contributed by atoms with Gasteiger partial charge in [-0.05, 0) is 78.0 Å². The molecule has 0 fully saturated rings. The van der Waals surface area contributed by atoms with Crippen LogP contribution in [0.15, 0.2) is 72.8 Å². The lowest BCUT2D eigenvalue weighted by Crippen LogP contribution is -2.19. The van der Waals surface area contributed by atoms with Crippen LogP contribution in [0.1, 0.15) is 55.4 Å². The van der Waals surface area contributed by atoms with Crippen LogP contribution in [0.3, 0.4) is 0 Å².